The highest BCUT2D eigenvalue weighted by Crippen LogP contribution is 2.30. The maximum Gasteiger partial charge on any atom is 0.246 e. The summed E-state index contributed by atoms with van der Waals surface area (Å²) < 4.78 is 0. The van der Waals surface area contributed by atoms with Crippen LogP contribution in [0.15, 0.2) is 36.4 Å². The van der Waals surface area contributed by atoms with Crippen LogP contribution in [0.3, 0.4) is 0 Å². The quantitative estimate of drug-likeness (QED) is 0.929. The Hall–Kier alpha value is -2.29. The molecule has 0 aliphatic carbocycles. The number of hydrogen-bond acceptors (Lipinski definition) is 2. The molecule has 3 heteroatoms. The zero-order valence-corrected chi connectivity index (χ0v) is 14.3. The summed E-state index contributed by atoms with van der Waals surface area (Å²) in [5.74, 6) is 0.0526. The zero-order valence-electron chi connectivity index (χ0n) is 14.3. The average Bonchev–Trinajstić information content (AvgIpc) is 2.93. The van der Waals surface area contributed by atoms with Gasteiger partial charge < -0.3 is 10.2 Å². The van der Waals surface area contributed by atoms with Crippen LogP contribution in [0.5, 0.6) is 0 Å². The van der Waals surface area contributed by atoms with E-state index >= 15 is 0 Å². The van der Waals surface area contributed by atoms with Gasteiger partial charge in [-0.25, -0.2) is 0 Å². The van der Waals surface area contributed by atoms with E-state index in [0.29, 0.717) is 0 Å². The maximum absolute atomic E-state index is 12.7. The number of hydrogen-bond donors (Lipinski definition) is 1. The van der Waals surface area contributed by atoms with Gasteiger partial charge >= 0.3 is 0 Å². The number of nitrogens with zero attached hydrogens (tertiary/aromatic N) is 1. The van der Waals surface area contributed by atoms with Gasteiger partial charge in [0.05, 0.1) is 0 Å². The van der Waals surface area contributed by atoms with E-state index < -0.39 is 0 Å². The van der Waals surface area contributed by atoms with Gasteiger partial charge in [0, 0.05) is 17.9 Å². The molecular weight excluding hydrogens is 284 g/mol. The van der Waals surface area contributed by atoms with Crippen LogP contribution in [0.1, 0.15) is 29.2 Å². The largest absolute Gasteiger partial charge is 0.359 e. The summed E-state index contributed by atoms with van der Waals surface area (Å²) in [4.78, 5) is 14.9. The van der Waals surface area contributed by atoms with E-state index in [2.05, 4.69) is 47.5 Å². The van der Waals surface area contributed by atoms with Crippen molar-refractivity contribution >= 4 is 17.3 Å². The number of benzene rings is 2. The second-order valence-electron chi connectivity index (χ2n) is 6.51. The fraction of sp³-hybridized carbons (Fsp3) is 0.350. The van der Waals surface area contributed by atoms with Gasteiger partial charge in [0.1, 0.15) is 6.04 Å². The van der Waals surface area contributed by atoms with Crippen molar-refractivity contribution in [2.75, 3.05) is 16.8 Å². The van der Waals surface area contributed by atoms with Crippen LogP contribution in [-0.4, -0.2) is 18.5 Å². The lowest BCUT2D eigenvalue weighted by Gasteiger charge is -2.27. The highest BCUT2D eigenvalue weighted by atomic mass is 16.2. The molecule has 23 heavy (non-hydrogen) atoms. The zero-order chi connectivity index (χ0) is 16.6. The molecule has 1 atom stereocenters. The van der Waals surface area contributed by atoms with E-state index in [0.717, 1.165) is 29.8 Å². The van der Waals surface area contributed by atoms with Crippen molar-refractivity contribution in [3.8, 4) is 0 Å². The van der Waals surface area contributed by atoms with Crippen LogP contribution < -0.4 is 10.2 Å². The van der Waals surface area contributed by atoms with Crippen LogP contribution in [0.2, 0.25) is 0 Å². The number of amides is 1. The van der Waals surface area contributed by atoms with E-state index in [1.807, 2.05) is 26.8 Å². The second kappa shape index (κ2) is 6.07. The van der Waals surface area contributed by atoms with Crippen LogP contribution in [-0.2, 0) is 11.2 Å². The third kappa shape index (κ3) is 2.96. The summed E-state index contributed by atoms with van der Waals surface area (Å²) in [7, 11) is 0. The topological polar surface area (TPSA) is 32.3 Å². The van der Waals surface area contributed by atoms with E-state index in [4.69, 9.17) is 0 Å². The highest BCUT2D eigenvalue weighted by Gasteiger charge is 2.27. The smallest absolute Gasteiger partial charge is 0.246 e. The summed E-state index contributed by atoms with van der Waals surface area (Å²) in [5.41, 5.74) is 6.91. The molecule has 0 unspecified atom stereocenters. The molecule has 1 amide bonds. The average molecular weight is 308 g/mol. The van der Waals surface area contributed by atoms with Crippen molar-refractivity contribution in [1.82, 2.24) is 0 Å². The molecule has 120 valence electrons. The Bertz CT molecular complexity index is 728. The monoisotopic (exact) mass is 308 g/mol. The van der Waals surface area contributed by atoms with Gasteiger partial charge in [0.15, 0.2) is 0 Å². The lowest BCUT2D eigenvalue weighted by Crippen LogP contribution is -2.41. The number of anilines is 2. The van der Waals surface area contributed by atoms with Crippen molar-refractivity contribution in [2.24, 2.45) is 0 Å². The Labute approximate surface area is 138 Å². The molecule has 3 rings (SSSR count). The standard InChI is InChI=1S/C20H24N2O/c1-13-11-14(2)19(15(3)12-13)21-20(23)16(4)22-10-9-17-7-5-6-8-18(17)22/h5-8,11-12,16H,9-10H2,1-4H3,(H,21,23)/t16-/m0/s1. The first-order chi connectivity index (χ1) is 11.0. The number of fused-ring (bicyclic) bond motifs is 1. The molecule has 0 saturated carbocycles. The Morgan fingerprint density at radius 3 is 2.48 bits per heavy atom. The minimum Gasteiger partial charge on any atom is -0.359 e. The molecule has 1 heterocycles. The van der Waals surface area contributed by atoms with Gasteiger partial charge in [-0.2, -0.15) is 0 Å². The Kier molecular flexibility index (Phi) is 4.12. The Morgan fingerprint density at radius 1 is 1.13 bits per heavy atom. The fourth-order valence-corrected chi connectivity index (χ4v) is 3.51. The third-order valence-corrected chi connectivity index (χ3v) is 4.70. The van der Waals surface area contributed by atoms with Gasteiger partial charge in [-0.05, 0) is 56.9 Å². The summed E-state index contributed by atoms with van der Waals surface area (Å²) >= 11 is 0. The molecule has 1 N–H and O–H groups in total. The molecular formula is C20H24N2O. The molecule has 3 nitrogen and oxygen atoms in total. The van der Waals surface area contributed by atoms with Crippen LogP contribution >= 0.6 is 0 Å². The predicted octanol–water partition coefficient (Wildman–Crippen LogP) is 4.00. The summed E-state index contributed by atoms with van der Waals surface area (Å²) in [5, 5.41) is 3.13. The number of aryl methyl sites for hydroxylation is 3. The van der Waals surface area contributed by atoms with Crippen LogP contribution in [0.25, 0.3) is 0 Å². The predicted molar refractivity (Wildman–Crippen MR) is 96.2 cm³/mol. The number of carbonyl (C=O) groups excluding carboxylic acids is 1. The number of carbonyl (C=O) groups is 1. The molecule has 0 spiro atoms. The minimum atomic E-state index is -0.182. The van der Waals surface area contributed by atoms with E-state index in [1.54, 1.807) is 0 Å². The van der Waals surface area contributed by atoms with Gasteiger partial charge in [-0.1, -0.05) is 35.9 Å². The molecule has 2 aromatic rings. The molecule has 0 radical (unpaired) electrons. The van der Waals surface area contributed by atoms with E-state index in [-0.39, 0.29) is 11.9 Å². The van der Waals surface area contributed by atoms with Gasteiger partial charge in [0.2, 0.25) is 5.91 Å². The Balaban J connectivity index is 1.80. The van der Waals surface area contributed by atoms with Crippen molar-refractivity contribution in [3.05, 3.63) is 58.7 Å². The first-order valence-corrected chi connectivity index (χ1v) is 8.20. The third-order valence-electron chi connectivity index (χ3n) is 4.70. The van der Waals surface area contributed by atoms with Crippen molar-refractivity contribution < 1.29 is 4.79 Å². The van der Waals surface area contributed by atoms with Crippen molar-refractivity contribution in [1.29, 1.82) is 0 Å². The van der Waals surface area contributed by atoms with E-state index in [1.165, 1.54) is 16.8 Å². The van der Waals surface area contributed by atoms with Gasteiger partial charge in [0.25, 0.3) is 0 Å². The van der Waals surface area contributed by atoms with Crippen molar-refractivity contribution in [2.45, 2.75) is 40.2 Å². The SMILES string of the molecule is Cc1cc(C)c(NC(=O)[C@H](C)N2CCc3ccccc32)c(C)c1. The van der Waals surface area contributed by atoms with E-state index in [9.17, 15) is 4.79 Å². The molecule has 0 fully saturated rings. The fourth-order valence-electron chi connectivity index (χ4n) is 3.51. The van der Waals surface area contributed by atoms with Crippen LogP contribution in [0.4, 0.5) is 11.4 Å². The normalized spacial score (nSPS) is 14.5. The molecule has 0 aromatic heterocycles. The number of nitrogens with one attached hydrogen (secondary N) is 1. The maximum atomic E-state index is 12.7. The van der Waals surface area contributed by atoms with Gasteiger partial charge in [-0.3, -0.25) is 4.79 Å². The minimum absolute atomic E-state index is 0.0526. The second-order valence-corrected chi connectivity index (χ2v) is 6.51. The number of para-hydroxylation sites is 1. The summed E-state index contributed by atoms with van der Waals surface area (Å²) in [6.45, 7) is 9.06. The summed E-state index contributed by atoms with van der Waals surface area (Å²) in [6.07, 6.45) is 1.01. The van der Waals surface area contributed by atoms with Crippen LogP contribution in [0, 0.1) is 20.8 Å². The molecule has 2 aromatic carbocycles. The summed E-state index contributed by atoms with van der Waals surface area (Å²) in [6, 6.07) is 12.4. The number of rotatable bonds is 3. The Morgan fingerprint density at radius 2 is 1.78 bits per heavy atom. The first kappa shape index (κ1) is 15.6. The first-order valence-electron chi connectivity index (χ1n) is 8.20. The molecule has 1 aliphatic rings. The molecule has 1 aliphatic heterocycles. The van der Waals surface area contributed by atoms with Crippen molar-refractivity contribution in [3.63, 3.8) is 0 Å². The molecule has 0 saturated heterocycles. The molecule has 0 bridgehead atoms. The lowest BCUT2D eigenvalue weighted by atomic mass is 10.0. The lowest BCUT2D eigenvalue weighted by molar-refractivity contribution is -0.117. The van der Waals surface area contributed by atoms with Gasteiger partial charge in [-0.15, -0.1) is 0 Å². The highest BCUT2D eigenvalue weighted by molar-refractivity contribution is 5.98.